The molecule has 2 fully saturated rings. The van der Waals surface area contributed by atoms with Crippen LogP contribution in [0.15, 0.2) is 0 Å². The molecular formula is C13H24N2O. The molecule has 0 spiro atoms. The van der Waals surface area contributed by atoms with E-state index in [1.165, 1.54) is 38.5 Å². The maximum Gasteiger partial charge on any atom is 0.237 e. The van der Waals surface area contributed by atoms with Gasteiger partial charge in [-0.15, -0.1) is 0 Å². The summed E-state index contributed by atoms with van der Waals surface area (Å²) in [5, 5.41) is 4.33. The number of hydrogen-bond acceptors (Lipinski definition) is 2. The summed E-state index contributed by atoms with van der Waals surface area (Å²) in [4.78, 5) is 11.9. The van der Waals surface area contributed by atoms with Crippen LogP contribution in [-0.2, 0) is 4.79 Å². The molecule has 2 aliphatic rings. The van der Waals surface area contributed by atoms with Crippen molar-refractivity contribution in [2.24, 2.45) is 5.92 Å². The Balaban J connectivity index is 1.83. The van der Waals surface area contributed by atoms with Crippen LogP contribution in [0.3, 0.4) is 0 Å². The van der Waals surface area contributed by atoms with Crippen LogP contribution >= 0.6 is 0 Å². The number of carbonyl (C=O) groups excluding carboxylic acids is 1. The molecule has 1 amide bonds. The van der Waals surface area contributed by atoms with Gasteiger partial charge in [0.25, 0.3) is 0 Å². The predicted octanol–water partition coefficient (Wildman–Crippen LogP) is 2.43. The van der Waals surface area contributed by atoms with Crippen molar-refractivity contribution < 1.29 is 4.79 Å². The van der Waals surface area contributed by atoms with Gasteiger partial charge in [0.05, 0.1) is 0 Å². The molecule has 92 valence electrons. The third-order valence-corrected chi connectivity index (χ3v) is 3.82. The Morgan fingerprint density at radius 2 is 2.00 bits per heavy atom. The van der Waals surface area contributed by atoms with Gasteiger partial charge in [-0.2, -0.15) is 0 Å². The number of carbonyl (C=O) groups is 1. The van der Waals surface area contributed by atoms with Crippen LogP contribution in [0, 0.1) is 5.92 Å². The Labute approximate surface area is 98.8 Å². The molecule has 2 heterocycles. The Hall–Kier alpha value is -0.570. The van der Waals surface area contributed by atoms with Crippen molar-refractivity contribution in [1.29, 1.82) is 0 Å². The van der Waals surface area contributed by atoms with E-state index in [-0.39, 0.29) is 0 Å². The van der Waals surface area contributed by atoms with Crippen LogP contribution in [0.5, 0.6) is 0 Å². The van der Waals surface area contributed by atoms with E-state index >= 15 is 0 Å². The summed E-state index contributed by atoms with van der Waals surface area (Å²) < 4.78 is 0. The Kier molecular flexibility index (Phi) is 4.22. The monoisotopic (exact) mass is 224 g/mol. The van der Waals surface area contributed by atoms with Gasteiger partial charge in [0.2, 0.25) is 5.91 Å². The Morgan fingerprint density at radius 3 is 2.69 bits per heavy atom. The van der Waals surface area contributed by atoms with E-state index in [4.69, 9.17) is 0 Å². The zero-order chi connectivity index (χ0) is 11.4. The fourth-order valence-corrected chi connectivity index (χ4v) is 2.84. The first-order valence-corrected chi connectivity index (χ1v) is 6.86. The summed E-state index contributed by atoms with van der Waals surface area (Å²) in [5.41, 5.74) is 0. The van der Waals surface area contributed by atoms with E-state index in [0.29, 0.717) is 11.8 Å². The minimum Gasteiger partial charge on any atom is -0.275 e. The fourth-order valence-electron chi connectivity index (χ4n) is 2.84. The molecule has 16 heavy (non-hydrogen) atoms. The number of hydrazine groups is 1. The number of hydrogen-bond donors (Lipinski definition) is 0. The highest BCUT2D eigenvalue weighted by Crippen LogP contribution is 2.25. The molecule has 0 aromatic carbocycles. The molecule has 3 nitrogen and oxygen atoms in total. The van der Waals surface area contributed by atoms with Crippen molar-refractivity contribution in [3.05, 3.63) is 0 Å². The van der Waals surface area contributed by atoms with Crippen molar-refractivity contribution in [3.8, 4) is 0 Å². The van der Waals surface area contributed by atoms with Gasteiger partial charge in [-0.05, 0) is 25.2 Å². The highest BCUT2D eigenvalue weighted by atomic mass is 16.2. The van der Waals surface area contributed by atoms with E-state index in [1.54, 1.807) is 0 Å². The summed E-state index contributed by atoms with van der Waals surface area (Å²) in [5.74, 6) is 0.984. The third kappa shape index (κ3) is 2.76. The van der Waals surface area contributed by atoms with E-state index in [2.05, 4.69) is 11.9 Å². The van der Waals surface area contributed by atoms with Crippen molar-refractivity contribution in [2.75, 3.05) is 19.6 Å². The van der Waals surface area contributed by atoms with Gasteiger partial charge >= 0.3 is 0 Å². The lowest BCUT2D eigenvalue weighted by Crippen LogP contribution is -2.46. The summed E-state index contributed by atoms with van der Waals surface area (Å²) in [6, 6.07) is 0. The van der Waals surface area contributed by atoms with E-state index < -0.39 is 0 Å². The Bertz CT molecular complexity index is 236. The molecule has 2 saturated heterocycles. The number of rotatable bonds is 4. The quantitative estimate of drug-likeness (QED) is 0.732. The first-order chi connectivity index (χ1) is 7.81. The van der Waals surface area contributed by atoms with Crippen LogP contribution in [0.2, 0.25) is 0 Å². The minimum absolute atomic E-state index is 0.364. The van der Waals surface area contributed by atoms with Gasteiger partial charge in [0, 0.05) is 26.1 Å². The lowest BCUT2D eigenvalue weighted by atomic mass is 10.0. The molecule has 0 bridgehead atoms. The molecule has 0 N–H and O–H groups in total. The van der Waals surface area contributed by atoms with Gasteiger partial charge in [-0.25, -0.2) is 5.01 Å². The summed E-state index contributed by atoms with van der Waals surface area (Å²) >= 11 is 0. The molecule has 3 heteroatoms. The van der Waals surface area contributed by atoms with Crippen molar-refractivity contribution in [2.45, 2.75) is 51.9 Å². The fraction of sp³-hybridized carbons (Fsp3) is 0.923. The highest BCUT2D eigenvalue weighted by Gasteiger charge is 2.33. The SMILES string of the molecule is CCCCC1CC(=O)N(N2CCCCC2)C1. The van der Waals surface area contributed by atoms with Gasteiger partial charge in [0.15, 0.2) is 0 Å². The molecule has 0 aromatic heterocycles. The standard InChI is InChI=1S/C13H24N2O/c1-2-3-7-12-10-13(16)15(11-12)14-8-5-4-6-9-14/h12H,2-11H2,1H3. The van der Waals surface area contributed by atoms with Gasteiger partial charge in [-0.1, -0.05) is 26.2 Å². The molecule has 0 aromatic rings. The lowest BCUT2D eigenvalue weighted by Gasteiger charge is -2.34. The van der Waals surface area contributed by atoms with Crippen LogP contribution < -0.4 is 0 Å². The second-order valence-corrected chi connectivity index (χ2v) is 5.20. The molecule has 0 radical (unpaired) electrons. The number of piperidine rings is 1. The van der Waals surface area contributed by atoms with E-state index in [9.17, 15) is 4.79 Å². The van der Waals surface area contributed by atoms with Crippen molar-refractivity contribution in [1.82, 2.24) is 10.0 Å². The predicted molar refractivity (Wildman–Crippen MR) is 64.8 cm³/mol. The first-order valence-electron chi connectivity index (χ1n) is 6.86. The number of amides is 1. The van der Waals surface area contributed by atoms with Crippen LogP contribution in [-0.4, -0.2) is 35.6 Å². The Morgan fingerprint density at radius 1 is 1.25 bits per heavy atom. The summed E-state index contributed by atoms with van der Waals surface area (Å²) in [7, 11) is 0. The van der Waals surface area contributed by atoms with Crippen molar-refractivity contribution >= 4 is 5.91 Å². The molecule has 0 saturated carbocycles. The smallest absolute Gasteiger partial charge is 0.237 e. The normalized spacial score (nSPS) is 27.7. The highest BCUT2D eigenvalue weighted by molar-refractivity contribution is 5.78. The molecular weight excluding hydrogens is 200 g/mol. The minimum atomic E-state index is 0.364. The third-order valence-electron chi connectivity index (χ3n) is 3.82. The van der Waals surface area contributed by atoms with Gasteiger partial charge in [0.1, 0.15) is 0 Å². The van der Waals surface area contributed by atoms with Crippen LogP contribution in [0.4, 0.5) is 0 Å². The molecule has 1 atom stereocenters. The molecule has 2 aliphatic heterocycles. The topological polar surface area (TPSA) is 23.6 Å². The lowest BCUT2D eigenvalue weighted by molar-refractivity contribution is -0.144. The zero-order valence-electron chi connectivity index (χ0n) is 10.5. The number of nitrogens with zero attached hydrogens (tertiary/aromatic N) is 2. The first kappa shape index (κ1) is 11.9. The second-order valence-electron chi connectivity index (χ2n) is 5.20. The van der Waals surface area contributed by atoms with E-state index in [1.807, 2.05) is 5.01 Å². The summed E-state index contributed by atoms with van der Waals surface area (Å²) in [6.07, 6.45) is 8.37. The molecule has 2 rings (SSSR count). The van der Waals surface area contributed by atoms with Gasteiger partial charge < -0.3 is 0 Å². The van der Waals surface area contributed by atoms with Crippen LogP contribution in [0.1, 0.15) is 51.9 Å². The average molecular weight is 224 g/mol. The number of unbranched alkanes of at least 4 members (excludes halogenated alkanes) is 1. The van der Waals surface area contributed by atoms with E-state index in [0.717, 1.165) is 26.1 Å². The summed E-state index contributed by atoms with van der Waals surface area (Å²) in [6.45, 7) is 5.39. The average Bonchev–Trinajstić information content (AvgIpc) is 2.69. The van der Waals surface area contributed by atoms with Crippen LogP contribution in [0.25, 0.3) is 0 Å². The molecule has 0 aliphatic carbocycles. The van der Waals surface area contributed by atoms with Gasteiger partial charge in [-0.3, -0.25) is 9.80 Å². The molecule has 1 unspecified atom stereocenters. The van der Waals surface area contributed by atoms with Crippen molar-refractivity contribution in [3.63, 3.8) is 0 Å². The zero-order valence-corrected chi connectivity index (χ0v) is 10.5. The second kappa shape index (κ2) is 5.67. The maximum absolute atomic E-state index is 11.9. The largest absolute Gasteiger partial charge is 0.275 e. The maximum atomic E-state index is 11.9.